The van der Waals surface area contributed by atoms with Crippen molar-refractivity contribution < 1.29 is 50.8 Å². The summed E-state index contributed by atoms with van der Waals surface area (Å²) in [4.78, 5) is 19.0. The number of hydrogen-bond acceptors (Lipinski definition) is 7. The number of hydrogen-bond donors (Lipinski definition) is 1. The van der Waals surface area contributed by atoms with Crippen molar-refractivity contribution in [1.29, 1.82) is 0 Å². The standard InChI is InChI=1S/C15H18F6N2O7/c1-2-3-29-15-9(21)14(7(19)5(17)11(15)23(27)28)30-13-6(18)4(16)10(22(25)26)12(24)8(13)20/h2,4-15,24H,1,3H2. The first kappa shape index (κ1) is 24.3. The number of aliphatic hydroxyl groups excluding tert-OH is 1. The SMILES string of the molecule is C=CCOC1C(F)C(OC2C(F)C(O)C([N+](=O)[O-])C(F)C2F)C(F)C(F)C1[N+](=O)[O-]. The van der Waals surface area contributed by atoms with Gasteiger partial charge in [-0.3, -0.25) is 20.2 Å². The number of aliphatic hydroxyl groups is 1. The zero-order valence-electron chi connectivity index (χ0n) is 15.0. The van der Waals surface area contributed by atoms with Crippen LogP contribution in [0.25, 0.3) is 0 Å². The Labute approximate surface area is 164 Å². The van der Waals surface area contributed by atoms with Gasteiger partial charge in [-0.25, -0.2) is 26.3 Å². The molecule has 2 rings (SSSR count). The summed E-state index contributed by atoms with van der Waals surface area (Å²) < 4.78 is 95.3. The van der Waals surface area contributed by atoms with Crippen molar-refractivity contribution in [3.63, 3.8) is 0 Å². The summed E-state index contributed by atoms with van der Waals surface area (Å²) >= 11 is 0. The van der Waals surface area contributed by atoms with Crippen molar-refractivity contribution in [3.8, 4) is 0 Å². The molecule has 0 saturated heterocycles. The lowest BCUT2D eigenvalue weighted by Gasteiger charge is -2.42. The van der Waals surface area contributed by atoms with Gasteiger partial charge in [-0.2, -0.15) is 0 Å². The molecule has 2 fully saturated rings. The van der Waals surface area contributed by atoms with Crippen LogP contribution in [-0.4, -0.2) is 95.1 Å². The summed E-state index contributed by atoms with van der Waals surface area (Å²) in [7, 11) is 0. The second-order valence-corrected chi connectivity index (χ2v) is 6.86. The fraction of sp³-hybridized carbons (Fsp3) is 0.867. The van der Waals surface area contributed by atoms with E-state index in [-0.39, 0.29) is 0 Å². The Morgan fingerprint density at radius 1 is 0.800 bits per heavy atom. The number of ether oxygens (including phenoxy) is 2. The van der Waals surface area contributed by atoms with E-state index in [1.54, 1.807) is 0 Å². The Balaban J connectivity index is 2.30. The molecule has 30 heavy (non-hydrogen) atoms. The molecule has 0 aromatic rings. The second-order valence-electron chi connectivity index (χ2n) is 6.86. The van der Waals surface area contributed by atoms with Gasteiger partial charge >= 0.3 is 0 Å². The van der Waals surface area contributed by atoms with Crippen LogP contribution in [0, 0.1) is 20.2 Å². The number of rotatable bonds is 7. The van der Waals surface area contributed by atoms with Gasteiger partial charge in [-0.15, -0.1) is 6.58 Å². The van der Waals surface area contributed by atoms with Crippen LogP contribution in [0.5, 0.6) is 0 Å². The van der Waals surface area contributed by atoms with Crippen molar-refractivity contribution in [3.05, 3.63) is 32.9 Å². The first-order valence-electron chi connectivity index (χ1n) is 8.63. The molecule has 2 saturated carbocycles. The predicted octanol–water partition coefficient (Wildman–Crippen LogP) is 1.02. The van der Waals surface area contributed by atoms with Gasteiger partial charge in [0.1, 0.15) is 12.2 Å². The molecule has 0 radical (unpaired) electrons. The summed E-state index contributed by atoms with van der Waals surface area (Å²) in [5.74, 6) is 0. The monoisotopic (exact) mass is 452 g/mol. The lowest BCUT2D eigenvalue weighted by Crippen LogP contribution is -2.67. The van der Waals surface area contributed by atoms with E-state index in [1.165, 1.54) is 0 Å². The van der Waals surface area contributed by atoms with Crippen LogP contribution >= 0.6 is 0 Å². The first-order chi connectivity index (χ1) is 13.9. The lowest BCUT2D eigenvalue weighted by molar-refractivity contribution is -0.556. The minimum absolute atomic E-state index is 0.525. The highest BCUT2D eigenvalue weighted by Gasteiger charge is 2.63. The summed E-state index contributed by atoms with van der Waals surface area (Å²) in [5.41, 5.74) is 0. The summed E-state index contributed by atoms with van der Waals surface area (Å²) in [6.45, 7) is 2.68. The van der Waals surface area contributed by atoms with Crippen LogP contribution in [0.1, 0.15) is 0 Å². The third-order valence-electron chi connectivity index (χ3n) is 5.05. The molecule has 2 aliphatic carbocycles. The topological polar surface area (TPSA) is 125 Å². The maximum Gasteiger partial charge on any atom is 0.275 e. The molecule has 1 N–H and O–H groups in total. The fourth-order valence-corrected chi connectivity index (χ4v) is 3.55. The van der Waals surface area contributed by atoms with Crippen LogP contribution in [0.3, 0.4) is 0 Å². The molecule has 9 nitrogen and oxygen atoms in total. The summed E-state index contributed by atoms with van der Waals surface area (Å²) in [6.07, 6.45) is -27.6. The highest BCUT2D eigenvalue weighted by Crippen LogP contribution is 2.38. The van der Waals surface area contributed by atoms with Gasteiger partial charge in [-0.05, 0) is 0 Å². The van der Waals surface area contributed by atoms with E-state index in [2.05, 4.69) is 11.3 Å². The molecule has 0 heterocycles. The number of nitro groups is 2. The van der Waals surface area contributed by atoms with Gasteiger partial charge in [0.05, 0.1) is 6.61 Å². The average molecular weight is 452 g/mol. The van der Waals surface area contributed by atoms with Crippen molar-refractivity contribution in [1.82, 2.24) is 0 Å². The minimum atomic E-state index is -3.14. The van der Waals surface area contributed by atoms with Gasteiger partial charge in [0.15, 0.2) is 36.9 Å². The lowest BCUT2D eigenvalue weighted by atomic mass is 9.83. The van der Waals surface area contributed by atoms with Crippen molar-refractivity contribution >= 4 is 0 Å². The first-order valence-corrected chi connectivity index (χ1v) is 8.63. The van der Waals surface area contributed by atoms with Crippen molar-refractivity contribution in [2.75, 3.05) is 6.61 Å². The van der Waals surface area contributed by atoms with Crippen LogP contribution in [0.4, 0.5) is 26.3 Å². The molecule has 12 atom stereocenters. The predicted molar refractivity (Wildman–Crippen MR) is 85.5 cm³/mol. The van der Waals surface area contributed by atoms with Crippen molar-refractivity contribution in [2.45, 2.75) is 73.5 Å². The Bertz CT molecular complexity index is 647. The minimum Gasteiger partial charge on any atom is -0.383 e. The Morgan fingerprint density at radius 3 is 1.73 bits per heavy atom. The Kier molecular flexibility index (Phi) is 7.63. The molecule has 0 amide bonds. The smallest absolute Gasteiger partial charge is 0.275 e. The van der Waals surface area contributed by atoms with E-state index in [1.807, 2.05) is 0 Å². The van der Waals surface area contributed by atoms with Gasteiger partial charge in [-0.1, -0.05) is 6.08 Å². The van der Waals surface area contributed by atoms with E-state index < -0.39 is 90.0 Å². The van der Waals surface area contributed by atoms with Gasteiger partial charge in [0, 0.05) is 9.85 Å². The third-order valence-corrected chi connectivity index (χ3v) is 5.05. The zero-order valence-corrected chi connectivity index (χ0v) is 15.0. The molecule has 12 unspecified atom stereocenters. The van der Waals surface area contributed by atoms with Crippen LogP contribution in [0.15, 0.2) is 12.7 Å². The number of halogens is 6. The molecular formula is C15H18F6N2O7. The molecule has 0 bridgehead atoms. The Hall–Kier alpha value is -2.00. The zero-order chi connectivity index (χ0) is 22.9. The molecule has 0 aromatic carbocycles. The molecular weight excluding hydrogens is 434 g/mol. The average Bonchev–Trinajstić information content (AvgIpc) is 2.67. The van der Waals surface area contributed by atoms with Crippen LogP contribution < -0.4 is 0 Å². The van der Waals surface area contributed by atoms with E-state index in [0.717, 1.165) is 6.08 Å². The fourth-order valence-electron chi connectivity index (χ4n) is 3.55. The normalized spacial score (nSPS) is 46.9. The number of alkyl halides is 6. The Morgan fingerprint density at radius 2 is 1.27 bits per heavy atom. The highest BCUT2D eigenvalue weighted by molar-refractivity contribution is 5.05. The van der Waals surface area contributed by atoms with E-state index in [0.29, 0.717) is 0 Å². The summed E-state index contributed by atoms with van der Waals surface area (Å²) in [6, 6.07) is -5.23. The quantitative estimate of drug-likeness (QED) is 0.265. The molecule has 15 heteroatoms. The van der Waals surface area contributed by atoms with Gasteiger partial charge in [0.25, 0.3) is 12.1 Å². The van der Waals surface area contributed by atoms with E-state index in [4.69, 9.17) is 4.74 Å². The molecule has 0 aliphatic heterocycles. The maximum absolute atomic E-state index is 14.8. The van der Waals surface area contributed by atoms with E-state index >= 15 is 0 Å². The second kappa shape index (κ2) is 9.43. The van der Waals surface area contributed by atoms with E-state index in [9.17, 15) is 51.7 Å². The molecule has 2 aliphatic rings. The molecule has 0 aromatic heterocycles. The number of nitrogens with zero attached hydrogens (tertiary/aromatic N) is 2. The molecule has 172 valence electrons. The van der Waals surface area contributed by atoms with Gasteiger partial charge in [0.2, 0.25) is 12.3 Å². The maximum atomic E-state index is 14.8. The van der Waals surface area contributed by atoms with Crippen molar-refractivity contribution in [2.24, 2.45) is 0 Å². The summed E-state index contributed by atoms with van der Waals surface area (Å²) in [5, 5.41) is 31.3. The molecule has 0 spiro atoms. The van der Waals surface area contributed by atoms with Crippen LogP contribution in [0.2, 0.25) is 0 Å². The third kappa shape index (κ3) is 4.23. The van der Waals surface area contributed by atoms with Gasteiger partial charge < -0.3 is 14.6 Å². The highest BCUT2D eigenvalue weighted by atomic mass is 19.2. The largest absolute Gasteiger partial charge is 0.383 e. The van der Waals surface area contributed by atoms with Crippen LogP contribution in [-0.2, 0) is 9.47 Å².